The number of aromatic nitrogens is 1. The first kappa shape index (κ1) is 21.2. The van der Waals surface area contributed by atoms with Crippen molar-refractivity contribution in [3.05, 3.63) is 89.6 Å². The highest BCUT2D eigenvalue weighted by atomic mass is 16.5. The molecule has 6 heteroatoms. The maximum Gasteiger partial charge on any atom is 0.252 e. The van der Waals surface area contributed by atoms with Crippen LogP contribution < -0.4 is 20.5 Å². The highest BCUT2D eigenvalue weighted by molar-refractivity contribution is 6.08. The minimum Gasteiger partial charge on any atom is -0.493 e. The zero-order valence-electron chi connectivity index (χ0n) is 18.1. The van der Waals surface area contributed by atoms with Crippen molar-refractivity contribution < 1.29 is 14.3 Å². The number of methoxy groups -OCH3 is 1. The Morgan fingerprint density at radius 3 is 2.50 bits per heavy atom. The lowest BCUT2D eigenvalue weighted by Crippen LogP contribution is -2.14. The average molecular weight is 428 g/mol. The van der Waals surface area contributed by atoms with Crippen LogP contribution in [0.5, 0.6) is 11.5 Å². The number of para-hydroxylation sites is 1. The first-order valence-corrected chi connectivity index (χ1v) is 10.4. The van der Waals surface area contributed by atoms with Crippen LogP contribution in [-0.4, -0.2) is 18.0 Å². The number of benzene rings is 3. The van der Waals surface area contributed by atoms with E-state index < -0.39 is 5.91 Å². The van der Waals surface area contributed by atoms with Crippen LogP contribution in [0.1, 0.15) is 28.4 Å². The first-order chi connectivity index (χ1) is 15.6. The van der Waals surface area contributed by atoms with Gasteiger partial charge in [-0.1, -0.05) is 55.5 Å². The lowest BCUT2D eigenvalue weighted by atomic mass is 10.1. The van der Waals surface area contributed by atoms with E-state index in [1.807, 2.05) is 66.7 Å². The molecule has 0 atom stereocenters. The summed E-state index contributed by atoms with van der Waals surface area (Å²) >= 11 is 0. The summed E-state index contributed by atoms with van der Waals surface area (Å²) in [4.78, 5) is 16.6. The molecule has 0 saturated carbocycles. The van der Waals surface area contributed by atoms with Crippen LogP contribution in [0.3, 0.4) is 0 Å². The third kappa shape index (κ3) is 4.34. The fourth-order valence-electron chi connectivity index (χ4n) is 3.61. The zero-order valence-corrected chi connectivity index (χ0v) is 18.1. The van der Waals surface area contributed by atoms with Gasteiger partial charge in [0.2, 0.25) is 0 Å². The van der Waals surface area contributed by atoms with Gasteiger partial charge in [-0.2, -0.15) is 0 Å². The van der Waals surface area contributed by atoms with Crippen molar-refractivity contribution in [3.63, 3.8) is 0 Å². The van der Waals surface area contributed by atoms with Gasteiger partial charge in [-0.15, -0.1) is 0 Å². The number of nitrogens with zero attached hydrogens (tertiary/aromatic N) is 1. The summed E-state index contributed by atoms with van der Waals surface area (Å²) in [6.07, 6.45) is 2.34. The molecule has 3 aromatic carbocycles. The number of nitrogens with two attached hydrogens (primary N) is 1. The van der Waals surface area contributed by atoms with Crippen molar-refractivity contribution in [1.29, 1.82) is 0 Å². The lowest BCUT2D eigenvalue weighted by Gasteiger charge is -2.17. The molecule has 0 saturated heterocycles. The predicted molar refractivity (Wildman–Crippen MR) is 127 cm³/mol. The molecule has 3 N–H and O–H groups in total. The van der Waals surface area contributed by atoms with Gasteiger partial charge in [-0.3, -0.25) is 9.78 Å². The van der Waals surface area contributed by atoms with Gasteiger partial charge in [0.05, 0.1) is 23.9 Å². The number of ether oxygens (including phenoxy) is 2. The molecule has 0 fully saturated rings. The standard InChI is InChI=1S/C26H25N3O3/c1-3-18-11-7-8-12-21(18)29-25-19-13-23(31-2)24(32-16-17-9-5-4-6-10-17)14-22(19)28-15-20(25)26(27)30/h4-15H,3,16H2,1-2H3,(H2,27,30)(H,28,29). The van der Waals surface area contributed by atoms with E-state index in [0.717, 1.165) is 28.6 Å². The molecule has 0 bridgehead atoms. The molecule has 0 aliphatic carbocycles. The Bertz CT molecular complexity index is 1260. The number of hydrogen-bond donors (Lipinski definition) is 2. The quantitative estimate of drug-likeness (QED) is 0.402. The van der Waals surface area contributed by atoms with Crippen LogP contribution in [-0.2, 0) is 13.0 Å². The summed E-state index contributed by atoms with van der Waals surface area (Å²) in [6, 6.07) is 21.5. The van der Waals surface area contributed by atoms with E-state index in [0.29, 0.717) is 34.9 Å². The summed E-state index contributed by atoms with van der Waals surface area (Å²) in [5.74, 6) is 0.561. The van der Waals surface area contributed by atoms with E-state index in [4.69, 9.17) is 15.2 Å². The van der Waals surface area contributed by atoms with Gasteiger partial charge in [-0.05, 0) is 29.7 Å². The van der Waals surface area contributed by atoms with Crippen molar-refractivity contribution >= 4 is 28.2 Å². The number of pyridine rings is 1. The highest BCUT2D eigenvalue weighted by Crippen LogP contribution is 2.38. The molecule has 0 aliphatic rings. The van der Waals surface area contributed by atoms with Crippen molar-refractivity contribution in [3.8, 4) is 11.5 Å². The van der Waals surface area contributed by atoms with Crippen LogP contribution in [0.4, 0.5) is 11.4 Å². The largest absolute Gasteiger partial charge is 0.493 e. The molecular formula is C26H25N3O3. The summed E-state index contributed by atoms with van der Waals surface area (Å²) in [6.45, 7) is 2.48. The second kappa shape index (κ2) is 9.39. The molecule has 0 radical (unpaired) electrons. The number of amides is 1. The first-order valence-electron chi connectivity index (χ1n) is 10.4. The highest BCUT2D eigenvalue weighted by Gasteiger charge is 2.18. The Morgan fingerprint density at radius 2 is 1.78 bits per heavy atom. The van der Waals surface area contributed by atoms with Gasteiger partial charge in [0, 0.05) is 23.3 Å². The third-order valence-corrected chi connectivity index (χ3v) is 5.31. The number of hydrogen-bond acceptors (Lipinski definition) is 5. The maximum absolute atomic E-state index is 12.2. The van der Waals surface area contributed by atoms with E-state index in [2.05, 4.69) is 17.2 Å². The molecule has 0 aliphatic heterocycles. The Kier molecular flexibility index (Phi) is 6.22. The smallest absolute Gasteiger partial charge is 0.252 e. The summed E-state index contributed by atoms with van der Waals surface area (Å²) in [7, 11) is 1.58. The van der Waals surface area contributed by atoms with Gasteiger partial charge in [0.1, 0.15) is 6.61 Å². The maximum atomic E-state index is 12.2. The summed E-state index contributed by atoms with van der Waals surface area (Å²) in [5.41, 5.74) is 10.3. The minimum atomic E-state index is -0.556. The van der Waals surface area contributed by atoms with Crippen LogP contribution in [0.25, 0.3) is 10.9 Å². The second-order valence-corrected chi connectivity index (χ2v) is 7.34. The van der Waals surface area contributed by atoms with Crippen molar-refractivity contribution in [2.24, 2.45) is 5.73 Å². The van der Waals surface area contributed by atoms with Gasteiger partial charge in [0.25, 0.3) is 5.91 Å². The third-order valence-electron chi connectivity index (χ3n) is 5.31. The number of anilines is 2. The zero-order chi connectivity index (χ0) is 22.5. The molecule has 32 heavy (non-hydrogen) atoms. The number of carbonyl (C=O) groups excluding carboxylic acids is 1. The Morgan fingerprint density at radius 1 is 1.03 bits per heavy atom. The number of fused-ring (bicyclic) bond motifs is 1. The topological polar surface area (TPSA) is 86.5 Å². The van der Waals surface area contributed by atoms with Crippen LogP contribution >= 0.6 is 0 Å². The van der Waals surface area contributed by atoms with Gasteiger partial charge < -0.3 is 20.5 Å². The molecule has 1 heterocycles. The number of rotatable bonds is 8. The molecule has 4 aromatic rings. The summed E-state index contributed by atoms with van der Waals surface area (Å²) in [5, 5.41) is 4.13. The van der Waals surface area contributed by atoms with Gasteiger partial charge in [0.15, 0.2) is 11.5 Å². The number of aryl methyl sites for hydroxylation is 1. The molecule has 1 amide bonds. The van der Waals surface area contributed by atoms with E-state index in [-0.39, 0.29) is 0 Å². The van der Waals surface area contributed by atoms with E-state index in [1.54, 1.807) is 7.11 Å². The molecule has 162 valence electrons. The SMILES string of the molecule is CCc1ccccc1Nc1c(C(N)=O)cnc2cc(OCc3ccccc3)c(OC)cc12. The molecular weight excluding hydrogens is 402 g/mol. The number of primary amides is 1. The molecule has 6 nitrogen and oxygen atoms in total. The molecule has 1 aromatic heterocycles. The van der Waals surface area contributed by atoms with Gasteiger partial charge in [-0.25, -0.2) is 0 Å². The Hall–Kier alpha value is -4.06. The monoisotopic (exact) mass is 427 g/mol. The number of carbonyl (C=O) groups is 1. The normalized spacial score (nSPS) is 10.7. The lowest BCUT2D eigenvalue weighted by molar-refractivity contribution is 0.100. The average Bonchev–Trinajstić information content (AvgIpc) is 2.83. The predicted octanol–water partition coefficient (Wildman–Crippen LogP) is 5.23. The molecule has 0 unspecified atom stereocenters. The van der Waals surface area contributed by atoms with Gasteiger partial charge >= 0.3 is 0 Å². The van der Waals surface area contributed by atoms with Crippen molar-refractivity contribution in [1.82, 2.24) is 4.98 Å². The van der Waals surface area contributed by atoms with Crippen LogP contribution in [0.2, 0.25) is 0 Å². The molecule has 4 rings (SSSR count). The van der Waals surface area contributed by atoms with E-state index in [1.165, 1.54) is 6.20 Å². The summed E-state index contributed by atoms with van der Waals surface area (Å²) < 4.78 is 11.6. The number of nitrogens with one attached hydrogen (secondary N) is 1. The van der Waals surface area contributed by atoms with Crippen LogP contribution in [0, 0.1) is 0 Å². The molecule has 0 spiro atoms. The fourth-order valence-corrected chi connectivity index (χ4v) is 3.61. The van der Waals surface area contributed by atoms with Crippen molar-refractivity contribution in [2.75, 3.05) is 12.4 Å². The Balaban J connectivity index is 1.79. The van der Waals surface area contributed by atoms with E-state index in [9.17, 15) is 4.79 Å². The fraction of sp³-hybridized carbons (Fsp3) is 0.154. The minimum absolute atomic E-state index is 0.309. The second-order valence-electron chi connectivity index (χ2n) is 7.34. The van der Waals surface area contributed by atoms with Crippen molar-refractivity contribution in [2.45, 2.75) is 20.0 Å². The van der Waals surface area contributed by atoms with E-state index >= 15 is 0 Å². The van der Waals surface area contributed by atoms with Crippen LogP contribution in [0.15, 0.2) is 72.9 Å². The Labute approximate surface area is 187 Å².